The van der Waals surface area contributed by atoms with E-state index in [1.54, 1.807) is 0 Å². The molecule has 0 bridgehead atoms. The van der Waals surface area contributed by atoms with E-state index in [1.165, 1.54) is 12.5 Å². The van der Waals surface area contributed by atoms with Crippen molar-refractivity contribution in [2.75, 3.05) is 0 Å². The van der Waals surface area contributed by atoms with Crippen molar-refractivity contribution >= 4 is 11.9 Å². The average Bonchev–Trinajstić information content (AvgIpc) is 2.55. The molecule has 1 unspecified atom stereocenters. The molecule has 2 N–H and O–H groups in total. The number of carbonyl (C=O) groups is 2. The van der Waals surface area contributed by atoms with Gasteiger partial charge in [0.25, 0.3) is 5.91 Å². The van der Waals surface area contributed by atoms with Crippen LogP contribution in [0.25, 0.3) is 11.3 Å². The van der Waals surface area contributed by atoms with Crippen molar-refractivity contribution < 1.29 is 14.7 Å². The molecule has 6 nitrogen and oxygen atoms in total. The predicted octanol–water partition coefficient (Wildman–Crippen LogP) is 2.13. The molecule has 2 aromatic rings. The van der Waals surface area contributed by atoms with E-state index >= 15 is 0 Å². The Balaban J connectivity index is 2.29. The van der Waals surface area contributed by atoms with Crippen LogP contribution in [-0.4, -0.2) is 33.0 Å². The SMILES string of the molecule is CCCC(NC(=O)c1cncnc1-c1ccccc1)C(=O)O. The maximum atomic E-state index is 12.4. The van der Waals surface area contributed by atoms with Crippen LogP contribution in [-0.2, 0) is 4.79 Å². The number of nitrogens with one attached hydrogen (secondary N) is 1. The second-order valence-electron chi connectivity index (χ2n) is 4.80. The van der Waals surface area contributed by atoms with Gasteiger partial charge in [-0.05, 0) is 6.42 Å². The molecule has 1 aromatic carbocycles. The lowest BCUT2D eigenvalue weighted by Gasteiger charge is -2.14. The standard InChI is InChI=1S/C16H17N3O3/c1-2-6-13(16(21)22)19-15(20)12-9-17-10-18-14(12)11-7-4-3-5-8-11/h3-5,7-10,13H,2,6H2,1H3,(H,19,20)(H,21,22). The highest BCUT2D eigenvalue weighted by Crippen LogP contribution is 2.20. The number of rotatable bonds is 6. The minimum atomic E-state index is -1.05. The maximum Gasteiger partial charge on any atom is 0.326 e. The Kier molecular flexibility index (Phi) is 5.19. The van der Waals surface area contributed by atoms with Crippen LogP contribution in [0.1, 0.15) is 30.1 Å². The number of carboxylic acid groups (broad SMARTS) is 1. The number of aliphatic carboxylic acids is 1. The van der Waals surface area contributed by atoms with Crippen molar-refractivity contribution in [1.82, 2.24) is 15.3 Å². The van der Waals surface area contributed by atoms with Gasteiger partial charge in [-0.25, -0.2) is 14.8 Å². The molecule has 0 aliphatic rings. The van der Waals surface area contributed by atoms with Gasteiger partial charge in [0.2, 0.25) is 0 Å². The molecule has 0 aliphatic carbocycles. The molecule has 1 heterocycles. The summed E-state index contributed by atoms with van der Waals surface area (Å²) >= 11 is 0. The smallest absolute Gasteiger partial charge is 0.326 e. The highest BCUT2D eigenvalue weighted by atomic mass is 16.4. The zero-order valence-corrected chi connectivity index (χ0v) is 12.2. The summed E-state index contributed by atoms with van der Waals surface area (Å²) in [6, 6.07) is 8.31. The molecular weight excluding hydrogens is 282 g/mol. The van der Waals surface area contributed by atoms with Gasteiger partial charge in [0.05, 0.1) is 11.3 Å². The van der Waals surface area contributed by atoms with Crippen molar-refractivity contribution in [2.45, 2.75) is 25.8 Å². The fourth-order valence-electron chi connectivity index (χ4n) is 2.10. The Hall–Kier alpha value is -2.76. The lowest BCUT2D eigenvalue weighted by atomic mass is 10.1. The van der Waals surface area contributed by atoms with Crippen LogP contribution < -0.4 is 5.32 Å². The molecule has 0 radical (unpaired) electrons. The molecule has 0 saturated carbocycles. The highest BCUT2D eigenvalue weighted by molar-refractivity contribution is 6.01. The van der Waals surface area contributed by atoms with E-state index < -0.39 is 17.9 Å². The van der Waals surface area contributed by atoms with Crippen LogP contribution in [0.15, 0.2) is 42.9 Å². The third-order valence-electron chi connectivity index (χ3n) is 3.18. The van der Waals surface area contributed by atoms with Gasteiger partial charge in [-0.15, -0.1) is 0 Å². The lowest BCUT2D eigenvalue weighted by molar-refractivity contribution is -0.139. The molecule has 0 fully saturated rings. The minimum Gasteiger partial charge on any atom is -0.480 e. The Labute approximate surface area is 128 Å². The Morgan fingerprint density at radius 2 is 2.00 bits per heavy atom. The monoisotopic (exact) mass is 299 g/mol. The van der Waals surface area contributed by atoms with Crippen LogP contribution >= 0.6 is 0 Å². The van der Waals surface area contributed by atoms with E-state index in [0.29, 0.717) is 18.5 Å². The third kappa shape index (κ3) is 3.66. The van der Waals surface area contributed by atoms with E-state index in [2.05, 4.69) is 15.3 Å². The number of benzene rings is 1. The Morgan fingerprint density at radius 1 is 1.27 bits per heavy atom. The first kappa shape index (κ1) is 15.6. The van der Waals surface area contributed by atoms with Gasteiger partial charge in [-0.3, -0.25) is 4.79 Å². The van der Waals surface area contributed by atoms with Gasteiger partial charge >= 0.3 is 5.97 Å². The van der Waals surface area contributed by atoms with E-state index in [0.717, 1.165) is 5.56 Å². The molecule has 0 saturated heterocycles. The predicted molar refractivity (Wildman–Crippen MR) is 81.3 cm³/mol. The first-order valence-electron chi connectivity index (χ1n) is 7.02. The number of carboxylic acids is 1. The summed E-state index contributed by atoms with van der Waals surface area (Å²) in [6.45, 7) is 1.86. The summed E-state index contributed by atoms with van der Waals surface area (Å²) in [5, 5.41) is 11.7. The van der Waals surface area contributed by atoms with Crippen molar-refractivity contribution in [2.24, 2.45) is 0 Å². The molecule has 1 amide bonds. The zero-order valence-electron chi connectivity index (χ0n) is 12.2. The van der Waals surface area contributed by atoms with Crippen LogP contribution in [0.4, 0.5) is 0 Å². The quantitative estimate of drug-likeness (QED) is 0.852. The van der Waals surface area contributed by atoms with Crippen molar-refractivity contribution in [1.29, 1.82) is 0 Å². The molecule has 22 heavy (non-hydrogen) atoms. The van der Waals surface area contributed by atoms with Crippen molar-refractivity contribution in [3.05, 3.63) is 48.4 Å². The number of nitrogens with zero attached hydrogens (tertiary/aromatic N) is 2. The van der Waals surface area contributed by atoms with Gasteiger partial charge in [-0.2, -0.15) is 0 Å². The van der Waals surface area contributed by atoms with E-state index in [1.807, 2.05) is 37.3 Å². The van der Waals surface area contributed by atoms with E-state index in [4.69, 9.17) is 5.11 Å². The lowest BCUT2D eigenvalue weighted by Crippen LogP contribution is -2.40. The molecule has 1 aromatic heterocycles. The van der Waals surface area contributed by atoms with Crippen molar-refractivity contribution in [3.8, 4) is 11.3 Å². The van der Waals surface area contributed by atoms with Gasteiger partial charge < -0.3 is 10.4 Å². The number of amides is 1. The molecule has 0 spiro atoms. The fourth-order valence-corrected chi connectivity index (χ4v) is 2.10. The minimum absolute atomic E-state index is 0.260. The van der Waals surface area contributed by atoms with Gasteiger partial charge in [0.1, 0.15) is 12.4 Å². The zero-order chi connectivity index (χ0) is 15.9. The molecular formula is C16H17N3O3. The molecule has 114 valence electrons. The topological polar surface area (TPSA) is 92.2 Å². The molecule has 2 rings (SSSR count). The maximum absolute atomic E-state index is 12.4. The number of carbonyl (C=O) groups excluding carboxylic acids is 1. The van der Waals surface area contributed by atoms with Crippen LogP contribution in [0.5, 0.6) is 0 Å². The number of aromatic nitrogens is 2. The van der Waals surface area contributed by atoms with E-state index in [9.17, 15) is 9.59 Å². The molecule has 0 aliphatic heterocycles. The average molecular weight is 299 g/mol. The summed E-state index contributed by atoms with van der Waals surface area (Å²) in [7, 11) is 0. The normalized spacial score (nSPS) is 11.7. The molecule has 6 heteroatoms. The third-order valence-corrected chi connectivity index (χ3v) is 3.18. The largest absolute Gasteiger partial charge is 0.480 e. The van der Waals surface area contributed by atoms with Crippen LogP contribution in [0.3, 0.4) is 0 Å². The first-order chi connectivity index (χ1) is 10.6. The van der Waals surface area contributed by atoms with Crippen molar-refractivity contribution in [3.63, 3.8) is 0 Å². The Morgan fingerprint density at radius 3 is 2.64 bits per heavy atom. The van der Waals surface area contributed by atoms with Gasteiger partial charge in [0, 0.05) is 11.8 Å². The van der Waals surface area contributed by atoms with Crippen LogP contribution in [0, 0.1) is 0 Å². The summed E-state index contributed by atoms with van der Waals surface area (Å²) in [4.78, 5) is 31.6. The fraction of sp³-hybridized carbons (Fsp3) is 0.250. The first-order valence-corrected chi connectivity index (χ1v) is 7.02. The summed E-state index contributed by atoms with van der Waals surface area (Å²) in [5.41, 5.74) is 1.52. The highest BCUT2D eigenvalue weighted by Gasteiger charge is 2.22. The number of hydrogen-bond donors (Lipinski definition) is 2. The van der Waals surface area contributed by atoms with Gasteiger partial charge in [0.15, 0.2) is 0 Å². The van der Waals surface area contributed by atoms with Gasteiger partial charge in [-0.1, -0.05) is 43.7 Å². The Bertz CT molecular complexity index is 659. The summed E-state index contributed by atoms with van der Waals surface area (Å²) < 4.78 is 0. The summed E-state index contributed by atoms with van der Waals surface area (Å²) in [6.07, 6.45) is 3.79. The second-order valence-corrected chi connectivity index (χ2v) is 4.80. The number of hydrogen-bond acceptors (Lipinski definition) is 4. The second kappa shape index (κ2) is 7.31. The molecule has 1 atom stereocenters. The van der Waals surface area contributed by atoms with Crippen LogP contribution in [0.2, 0.25) is 0 Å². The van der Waals surface area contributed by atoms with E-state index in [-0.39, 0.29) is 5.56 Å². The summed E-state index contributed by atoms with van der Waals surface area (Å²) in [5.74, 6) is -1.53.